The molecule has 2 aromatic heterocycles. The summed E-state index contributed by atoms with van der Waals surface area (Å²) in [6.45, 7) is 6.20. The second kappa shape index (κ2) is 7.55. The number of hydrogen-bond donors (Lipinski definition) is 2. The Hall–Kier alpha value is -2.65. The van der Waals surface area contributed by atoms with Crippen LogP contribution in [0.25, 0.3) is 16.8 Å². The monoisotopic (exact) mass is 420 g/mol. The van der Waals surface area contributed by atoms with Crippen LogP contribution in [-0.2, 0) is 10.2 Å². The molecule has 0 bridgehead atoms. The molecule has 0 unspecified atom stereocenters. The van der Waals surface area contributed by atoms with E-state index in [1.54, 1.807) is 0 Å². The summed E-state index contributed by atoms with van der Waals surface area (Å²) in [6, 6.07) is 3.21. The SMILES string of the molecule is CC(C)(C)c1cc(F)c(-c2cc(F)c3cnc(N[C@@H]4CCOC[C@H]4O)nn23)c(F)c1. The summed E-state index contributed by atoms with van der Waals surface area (Å²) in [6.07, 6.45) is 1.02. The highest BCUT2D eigenvalue weighted by atomic mass is 19.1. The fraction of sp³-hybridized carbons (Fsp3) is 0.429. The number of benzene rings is 1. The van der Waals surface area contributed by atoms with Crippen molar-refractivity contribution in [3.63, 3.8) is 0 Å². The first kappa shape index (κ1) is 20.6. The third kappa shape index (κ3) is 3.75. The third-order valence-corrected chi connectivity index (χ3v) is 5.27. The Labute approximate surface area is 171 Å². The van der Waals surface area contributed by atoms with E-state index in [9.17, 15) is 18.3 Å². The van der Waals surface area contributed by atoms with E-state index in [2.05, 4.69) is 15.4 Å². The molecule has 3 aromatic rings. The number of aliphatic hydroxyl groups excluding tert-OH is 1. The molecule has 1 fully saturated rings. The van der Waals surface area contributed by atoms with Crippen LogP contribution in [0.15, 0.2) is 24.4 Å². The number of anilines is 1. The van der Waals surface area contributed by atoms with E-state index in [1.807, 2.05) is 20.8 Å². The molecule has 1 saturated heterocycles. The lowest BCUT2D eigenvalue weighted by molar-refractivity contribution is -0.0136. The fourth-order valence-corrected chi connectivity index (χ4v) is 3.51. The van der Waals surface area contributed by atoms with Gasteiger partial charge in [-0.25, -0.2) is 22.7 Å². The average molecular weight is 420 g/mol. The molecule has 0 radical (unpaired) electrons. The van der Waals surface area contributed by atoms with Crippen LogP contribution in [0.2, 0.25) is 0 Å². The van der Waals surface area contributed by atoms with Gasteiger partial charge < -0.3 is 15.2 Å². The molecule has 4 rings (SSSR count). The molecule has 0 saturated carbocycles. The number of halogens is 3. The predicted molar refractivity (Wildman–Crippen MR) is 106 cm³/mol. The molecular formula is C21H23F3N4O2. The van der Waals surface area contributed by atoms with E-state index in [0.717, 1.165) is 10.6 Å². The zero-order valence-electron chi connectivity index (χ0n) is 16.9. The van der Waals surface area contributed by atoms with Gasteiger partial charge in [-0.3, -0.25) is 0 Å². The number of nitrogens with zero attached hydrogens (tertiary/aromatic N) is 3. The van der Waals surface area contributed by atoms with Crippen LogP contribution in [0.3, 0.4) is 0 Å². The number of ether oxygens (including phenoxy) is 1. The minimum absolute atomic E-state index is 0.0122. The lowest BCUT2D eigenvalue weighted by Gasteiger charge is -2.28. The molecule has 1 aliphatic rings. The normalized spacial score (nSPS) is 20.0. The van der Waals surface area contributed by atoms with Gasteiger partial charge in [0.25, 0.3) is 0 Å². The Morgan fingerprint density at radius 2 is 1.83 bits per heavy atom. The number of nitrogens with one attached hydrogen (secondary N) is 1. The quantitative estimate of drug-likeness (QED) is 0.677. The molecule has 30 heavy (non-hydrogen) atoms. The maximum Gasteiger partial charge on any atom is 0.241 e. The standard InChI is InChI=1S/C21H23F3N4O2/c1-21(2,3)11-6-13(23)19(14(24)7-11)16-8-12(22)17-9-25-20(27-28(16)17)26-15-4-5-30-10-18(15)29/h6-9,15,18,29H,4-5,10H2,1-3H3,(H,26,27)/t15-,18-/m1/s1. The smallest absolute Gasteiger partial charge is 0.241 e. The first-order valence-corrected chi connectivity index (χ1v) is 9.71. The van der Waals surface area contributed by atoms with Crippen molar-refractivity contribution in [2.45, 2.75) is 44.8 Å². The summed E-state index contributed by atoms with van der Waals surface area (Å²) >= 11 is 0. The third-order valence-electron chi connectivity index (χ3n) is 5.27. The van der Waals surface area contributed by atoms with Crippen molar-refractivity contribution in [1.29, 1.82) is 0 Å². The molecule has 3 heterocycles. The molecule has 160 valence electrons. The molecule has 0 amide bonds. The van der Waals surface area contributed by atoms with Crippen molar-refractivity contribution in [2.75, 3.05) is 18.5 Å². The van der Waals surface area contributed by atoms with Crippen molar-refractivity contribution in [3.05, 3.63) is 47.4 Å². The van der Waals surface area contributed by atoms with E-state index in [4.69, 9.17) is 4.74 Å². The van der Waals surface area contributed by atoms with Crippen LogP contribution in [-0.4, -0.2) is 45.1 Å². The predicted octanol–water partition coefficient (Wildman–Crippen LogP) is 3.67. The molecule has 9 heteroatoms. The summed E-state index contributed by atoms with van der Waals surface area (Å²) in [7, 11) is 0. The Morgan fingerprint density at radius 1 is 1.13 bits per heavy atom. The van der Waals surface area contributed by atoms with Crippen molar-refractivity contribution in [1.82, 2.24) is 14.6 Å². The van der Waals surface area contributed by atoms with E-state index >= 15 is 0 Å². The lowest BCUT2D eigenvalue weighted by atomic mass is 9.86. The highest BCUT2D eigenvalue weighted by Gasteiger charge is 2.26. The summed E-state index contributed by atoms with van der Waals surface area (Å²) in [5.41, 5.74) is -0.389. The van der Waals surface area contributed by atoms with Crippen molar-refractivity contribution in [3.8, 4) is 11.3 Å². The number of rotatable bonds is 3. The second-order valence-electron chi connectivity index (χ2n) is 8.50. The van der Waals surface area contributed by atoms with Crippen LogP contribution in [0.5, 0.6) is 0 Å². The van der Waals surface area contributed by atoms with Gasteiger partial charge in [-0.05, 0) is 29.5 Å². The van der Waals surface area contributed by atoms with Gasteiger partial charge >= 0.3 is 0 Å². The van der Waals surface area contributed by atoms with Crippen LogP contribution < -0.4 is 5.32 Å². The molecule has 6 nitrogen and oxygen atoms in total. The van der Waals surface area contributed by atoms with Gasteiger partial charge in [-0.2, -0.15) is 0 Å². The number of aliphatic hydroxyl groups is 1. The number of fused-ring (bicyclic) bond motifs is 1. The van der Waals surface area contributed by atoms with Gasteiger partial charge in [-0.15, -0.1) is 5.10 Å². The Morgan fingerprint density at radius 3 is 2.47 bits per heavy atom. The Bertz CT molecular complexity index is 1070. The highest BCUT2D eigenvalue weighted by molar-refractivity contribution is 5.68. The molecule has 2 N–H and O–H groups in total. The zero-order chi connectivity index (χ0) is 21.6. The fourth-order valence-electron chi connectivity index (χ4n) is 3.51. The summed E-state index contributed by atoms with van der Waals surface area (Å²) in [5.74, 6) is -2.18. The van der Waals surface area contributed by atoms with E-state index < -0.39 is 29.0 Å². The number of hydrogen-bond acceptors (Lipinski definition) is 5. The zero-order valence-corrected chi connectivity index (χ0v) is 16.9. The van der Waals surface area contributed by atoms with E-state index in [1.165, 1.54) is 18.3 Å². The van der Waals surface area contributed by atoms with Gasteiger partial charge in [0.15, 0.2) is 5.82 Å². The molecule has 0 spiro atoms. The Balaban J connectivity index is 1.78. The Kier molecular flexibility index (Phi) is 5.19. The highest BCUT2D eigenvalue weighted by Crippen LogP contribution is 2.33. The van der Waals surface area contributed by atoms with Crippen molar-refractivity contribution < 1.29 is 23.0 Å². The topological polar surface area (TPSA) is 71.7 Å². The van der Waals surface area contributed by atoms with Crippen LogP contribution in [0, 0.1) is 17.5 Å². The van der Waals surface area contributed by atoms with Gasteiger partial charge in [0.05, 0.1) is 36.2 Å². The molecule has 1 aliphatic heterocycles. The maximum absolute atomic E-state index is 14.9. The van der Waals surface area contributed by atoms with Crippen molar-refractivity contribution >= 4 is 11.5 Å². The van der Waals surface area contributed by atoms with Gasteiger partial charge in [-0.1, -0.05) is 20.8 Å². The summed E-state index contributed by atoms with van der Waals surface area (Å²) < 4.78 is 50.6. The molecule has 0 aliphatic carbocycles. The molecule has 1 aromatic carbocycles. The maximum atomic E-state index is 14.9. The second-order valence-corrected chi connectivity index (χ2v) is 8.50. The van der Waals surface area contributed by atoms with Gasteiger partial charge in [0.1, 0.15) is 17.2 Å². The van der Waals surface area contributed by atoms with Gasteiger partial charge in [0, 0.05) is 12.7 Å². The molecule has 2 atom stereocenters. The van der Waals surface area contributed by atoms with Crippen molar-refractivity contribution in [2.24, 2.45) is 0 Å². The van der Waals surface area contributed by atoms with Crippen LogP contribution >= 0.6 is 0 Å². The number of aromatic nitrogens is 3. The average Bonchev–Trinajstić information content (AvgIpc) is 2.98. The van der Waals surface area contributed by atoms with E-state index in [0.29, 0.717) is 18.6 Å². The summed E-state index contributed by atoms with van der Waals surface area (Å²) in [4.78, 5) is 4.07. The molecular weight excluding hydrogens is 397 g/mol. The minimum atomic E-state index is -0.799. The lowest BCUT2D eigenvalue weighted by Crippen LogP contribution is -2.42. The minimum Gasteiger partial charge on any atom is -0.389 e. The largest absolute Gasteiger partial charge is 0.389 e. The van der Waals surface area contributed by atoms with Crippen LogP contribution in [0.1, 0.15) is 32.8 Å². The van der Waals surface area contributed by atoms with E-state index in [-0.39, 0.29) is 35.4 Å². The van der Waals surface area contributed by atoms with Gasteiger partial charge in [0.2, 0.25) is 5.95 Å². The first-order chi connectivity index (χ1) is 14.1. The first-order valence-electron chi connectivity index (χ1n) is 9.71. The van der Waals surface area contributed by atoms with Crippen LogP contribution in [0.4, 0.5) is 19.1 Å². The summed E-state index contributed by atoms with van der Waals surface area (Å²) in [5, 5.41) is 17.2.